The number of benzene rings is 1. The van der Waals surface area contributed by atoms with Crippen LogP contribution in [0.25, 0.3) is 10.9 Å². The molecule has 2 rings (SSSR count). The fourth-order valence-electron chi connectivity index (χ4n) is 2.01. The highest BCUT2D eigenvalue weighted by molar-refractivity contribution is 6.16. The zero-order chi connectivity index (χ0) is 14.7. The number of carbonyl (C=O) groups is 1. The second-order valence-electron chi connectivity index (χ2n) is 4.91. The number of hydrogen-bond acceptors (Lipinski definition) is 4. The number of para-hydroxylation sites is 1. The maximum atomic E-state index is 11.5. The third-order valence-electron chi connectivity index (χ3n) is 3.03. The van der Waals surface area contributed by atoms with Gasteiger partial charge in [-0.25, -0.2) is 9.97 Å². The van der Waals surface area contributed by atoms with Crippen molar-refractivity contribution in [3.05, 3.63) is 30.1 Å². The van der Waals surface area contributed by atoms with Crippen LogP contribution in [0.15, 0.2) is 24.3 Å². The molecule has 0 aliphatic carbocycles. The number of aromatic nitrogens is 2. The predicted octanol–water partition coefficient (Wildman–Crippen LogP) is 2.29. The summed E-state index contributed by atoms with van der Waals surface area (Å²) in [5, 5.41) is 3.95. The Bertz CT molecular complexity index is 630. The molecule has 0 aliphatic heterocycles. The number of amides is 1. The van der Waals surface area contributed by atoms with E-state index in [4.69, 9.17) is 17.3 Å². The monoisotopic (exact) mass is 292 g/mol. The van der Waals surface area contributed by atoms with Crippen LogP contribution in [0.5, 0.6) is 0 Å². The number of halogens is 1. The van der Waals surface area contributed by atoms with Gasteiger partial charge in [0.25, 0.3) is 0 Å². The summed E-state index contributed by atoms with van der Waals surface area (Å²) >= 11 is 5.82. The van der Waals surface area contributed by atoms with E-state index in [-0.39, 0.29) is 11.8 Å². The number of rotatable bonds is 5. The first kappa shape index (κ1) is 14.5. The van der Waals surface area contributed by atoms with Gasteiger partial charge >= 0.3 is 0 Å². The van der Waals surface area contributed by atoms with Crippen molar-refractivity contribution in [3.8, 4) is 0 Å². The zero-order valence-electron chi connectivity index (χ0n) is 11.4. The molecule has 0 spiro atoms. The fraction of sp³-hybridized carbons (Fsp3) is 0.357. The van der Waals surface area contributed by atoms with E-state index >= 15 is 0 Å². The number of hydrogen-bond donors (Lipinski definition) is 2. The summed E-state index contributed by atoms with van der Waals surface area (Å²) in [6.07, 6.45) is 0. The molecule has 0 radical (unpaired) electrons. The van der Waals surface area contributed by atoms with Gasteiger partial charge in [0.15, 0.2) is 0 Å². The molecule has 106 valence electrons. The van der Waals surface area contributed by atoms with Crippen LogP contribution in [0.4, 0.5) is 5.82 Å². The van der Waals surface area contributed by atoms with E-state index in [1.807, 2.05) is 38.1 Å². The molecule has 6 heteroatoms. The van der Waals surface area contributed by atoms with Crippen LogP contribution < -0.4 is 11.1 Å². The molecular weight excluding hydrogens is 276 g/mol. The lowest BCUT2D eigenvalue weighted by atomic mass is 10.0. The summed E-state index contributed by atoms with van der Waals surface area (Å²) in [4.78, 5) is 20.2. The van der Waals surface area contributed by atoms with Gasteiger partial charge in [-0.15, -0.1) is 11.6 Å². The van der Waals surface area contributed by atoms with Crippen molar-refractivity contribution in [2.75, 3.05) is 5.32 Å². The summed E-state index contributed by atoms with van der Waals surface area (Å²) in [7, 11) is 0. The zero-order valence-corrected chi connectivity index (χ0v) is 12.2. The first-order chi connectivity index (χ1) is 9.52. The van der Waals surface area contributed by atoms with Crippen LogP contribution in [0, 0.1) is 5.92 Å². The number of nitrogens with one attached hydrogen (secondary N) is 1. The Morgan fingerprint density at radius 2 is 2.05 bits per heavy atom. The minimum atomic E-state index is -0.489. The summed E-state index contributed by atoms with van der Waals surface area (Å²) in [6, 6.07) is 7.08. The Hall–Kier alpha value is -1.88. The number of alkyl halides is 1. The molecule has 0 fully saturated rings. The third kappa shape index (κ3) is 2.99. The van der Waals surface area contributed by atoms with Crippen LogP contribution in [0.3, 0.4) is 0 Å². The standard InChI is InChI=1S/C14H17ClN4O/c1-8(2)12(13(16)20)19-14-9-5-3-4-6-10(9)17-11(7-15)18-14/h3-6,8,12H,7H2,1-2H3,(H2,16,20)(H,17,18,19)/t12-/m0/s1. The average molecular weight is 293 g/mol. The summed E-state index contributed by atoms with van der Waals surface area (Å²) < 4.78 is 0. The quantitative estimate of drug-likeness (QED) is 0.829. The molecule has 1 amide bonds. The highest BCUT2D eigenvalue weighted by Gasteiger charge is 2.21. The van der Waals surface area contributed by atoms with Gasteiger partial charge in [0.05, 0.1) is 11.4 Å². The normalized spacial score (nSPS) is 12.6. The summed E-state index contributed by atoms with van der Waals surface area (Å²) in [6.45, 7) is 3.85. The summed E-state index contributed by atoms with van der Waals surface area (Å²) in [5.41, 5.74) is 6.21. The molecule has 1 atom stereocenters. The van der Waals surface area contributed by atoms with Gasteiger partial charge in [0, 0.05) is 5.39 Å². The molecule has 3 N–H and O–H groups in total. The van der Waals surface area contributed by atoms with Crippen molar-refractivity contribution in [2.45, 2.75) is 25.8 Å². The van der Waals surface area contributed by atoms with Crippen LogP contribution in [-0.4, -0.2) is 21.9 Å². The number of anilines is 1. The van der Waals surface area contributed by atoms with Crippen molar-refractivity contribution < 1.29 is 4.79 Å². The van der Waals surface area contributed by atoms with Crippen molar-refractivity contribution in [2.24, 2.45) is 11.7 Å². The van der Waals surface area contributed by atoms with Crippen molar-refractivity contribution in [1.82, 2.24) is 9.97 Å². The van der Waals surface area contributed by atoms with E-state index in [2.05, 4.69) is 15.3 Å². The Labute approximate surface area is 122 Å². The lowest BCUT2D eigenvalue weighted by Crippen LogP contribution is -2.39. The van der Waals surface area contributed by atoms with Gasteiger partial charge in [-0.1, -0.05) is 26.0 Å². The van der Waals surface area contributed by atoms with E-state index in [1.54, 1.807) is 0 Å². The molecule has 20 heavy (non-hydrogen) atoms. The number of carbonyl (C=O) groups excluding carboxylic acids is 1. The summed E-state index contributed by atoms with van der Waals surface area (Å²) in [5.74, 6) is 0.960. The molecule has 0 bridgehead atoms. The van der Waals surface area contributed by atoms with E-state index in [9.17, 15) is 4.79 Å². The minimum absolute atomic E-state index is 0.0562. The predicted molar refractivity (Wildman–Crippen MR) is 80.5 cm³/mol. The molecule has 0 unspecified atom stereocenters. The van der Waals surface area contributed by atoms with Gasteiger partial charge in [0.1, 0.15) is 17.7 Å². The van der Waals surface area contributed by atoms with E-state index < -0.39 is 11.9 Å². The maximum absolute atomic E-state index is 11.5. The van der Waals surface area contributed by atoms with Gasteiger partial charge in [-0.05, 0) is 18.1 Å². The first-order valence-corrected chi connectivity index (χ1v) is 6.94. The Kier molecular flexibility index (Phi) is 4.39. The van der Waals surface area contributed by atoms with Gasteiger partial charge in [0.2, 0.25) is 5.91 Å². The Morgan fingerprint density at radius 1 is 1.35 bits per heavy atom. The van der Waals surface area contributed by atoms with E-state index in [0.29, 0.717) is 11.6 Å². The average Bonchev–Trinajstić information content (AvgIpc) is 2.43. The molecule has 1 aromatic carbocycles. The van der Waals surface area contributed by atoms with Crippen LogP contribution in [0.2, 0.25) is 0 Å². The SMILES string of the molecule is CC(C)[C@H](Nc1nc(CCl)nc2ccccc12)C(N)=O. The molecule has 1 heterocycles. The van der Waals surface area contributed by atoms with Crippen LogP contribution in [0.1, 0.15) is 19.7 Å². The van der Waals surface area contributed by atoms with Gasteiger partial charge in [-0.3, -0.25) is 4.79 Å². The van der Waals surface area contributed by atoms with Gasteiger partial charge < -0.3 is 11.1 Å². The highest BCUT2D eigenvalue weighted by Crippen LogP contribution is 2.22. The van der Waals surface area contributed by atoms with Crippen LogP contribution >= 0.6 is 11.6 Å². The molecule has 0 aliphatic rings. The molecule has 1 aromatic heterocycles. The number of nitrogens with two attached hydrogens (primary N) is 1. The van der Waals surface area contributed by atoms with Crippen LogP contribution in [-0.2, 0) is 10.7 Å². The largest absolute Gasteiger partial charge is 0.368 e. The van der Waals surface area contributed by atoms with E-state index in [0.717, 1.165) is 10.9 Å². The molecule has 2 aromatic rings. The molecular formula is C14H17ClN4O. The lowest BCUT2D eigenvalue weighted by molar-refractivity contribution is -0.119. The van der Waals surface area contributed by atoms with Crippen molar-refractivity contribution in [3.63, 3.8) is 0 Å². The Balaban J connectivity index is 2.49. The molecule has 5 nitrogen and oxygen atoms in total. The second kappa shape index (κ2) is 6.05. The Morgan fingerprint density at radius 3 is 2.65 bits per heavy atom. The van der Waals surface area contributed by atoms with E-state index in [1.165, 1.54) is 0 Å². The molecule has 0 saturated carbocycles. The second-order valence-corrected chi connectivity index (χ2v) is 5.17. The smallest absolute Gasteiger partial charge is 0.240 e. The molecule has 0 saturated heterocycles. The maximum Gasteiger partial charge on any atom is 0.240 e. The minimum Gasteiger partial charge on any atom is -0.368 e. The number of primary amides is 1. The lowest BCUT2D eigenvalue weighted by Gasteiger charge is -2.20. The topological polar surface area (TPSA) is 80.9 Å². The van der Waals surface area contributed by atoms with Crippen molar-refractivity contribution >= 4 is 34.2 Å². The fourth-order valence-corrected chi connectivity index (χ4v) is 2.13. The number of fused-ring (bicyclic) bond motifs is 1. The van der Waals surface area contributed by atoms with Crippen molar-refractivity contribution in [1.29, 1.82) is 0 Å². The first-order valence-electron chi connectivity index (χ1n) is 6.40. The highest BCUT2D eigenvalue weighted by atomic mass is 35.5. The number of nitrogens with zero attached hydrogens (tertiary/aromatic N) is 2. The van der Waals surface area contributed by atoms with Gasteiger partial charge in [-0.2, -0.15) is 0 Å². The third-order valence-corrected chi connectivity index (χ3v) is 3.27.